The summed E-state index contributed by atoms with van der Waals surface area (Å²) in [5, 5.41) is 0. The quantitative estimate of drug-likeness (QED) is 0.790. The number of nitrogen functional groups attached to an aromatic ring is 1. The minimum atomic E-state index is 0.311. The Kier molecular flexibility index (Phi) is 2.94. The highest BCUT2D eigenvalue weighted by Crippen LogP contribution is 2.35. The van der Waals surface area contributed by atoms with E-state index in [2.05, 4.69) is 37.8 Å². The zero-order chi connectivity index (χ0) is 11.8. The van der Waals surface area contributed by atoms with Crippen LogP contribution in [-0.2, 0) is 13.1 Å². The van der Waals surface area contributed by atoms with E-state index in [1.54, 1.807) is 0 Å². The molecule has 2 nitrogen and oxygen atoms in total. The maximum Gasteiger partial charge on any atom is 0.0363 e. The van der Waals surface area contributed by atoms with Crippen molar-refractivity contribution in [1.29, 1.82) is 0 Å². The number of nitrogens with zero attached hydrogens (tertiary/aromatic N) is 1. The van der Waals surface area contributed by atoms with Crippen molar-refractivity contribution in [2.75, 3.05) is 5.73 Å². The molecule has 0 saturated heterocycles. The van der Waals surface area contributed by atoms with Crippen molar-refractivity contribution in [3.8, 4) is 0 Å². The molecule has 0 aromatic heterocycles. The Morgan fingerprint density at radius 2 is 1.94 bits per heavy atom. The van der Waals surface area contributed by atoms with Gasteiger partial charge in [-0.25, -0.2) is 0 Å². The molecule has 1 aliphatic rings. The van der Waals surface area contributed by atoms with E-state index < -0.39 is 0 Å². The number of rotatable bonds is 3. The summed E-state index contributed by atoms with van der Waals surface area (Å²) in [5.74, 6) is 0. The highest BCUT2D eigenvalue weighted by atomic mass is 15.2. The van der Waals surface area contributed by atoms with Crippen LogP contribution in [0.5, 0.6) is 0 Å². The normalized spacial score (nSPS) is 16.4. The lowest BCUT2D eigenvalue weighted by Gasteiger charge is -2.37. The van der Waals surface area contributed by atoms with Crippen molar-refractivity contribution in [2.45, 2.75) is 52.2 Å². The van der Waals surface area contributed by atoms with E-state index in [4.69, 9.17) is 5.73 Å². The average molecular weight is 218 g/mol. The predicted molar refractivity (Wildman–Crippen MR) is 69.1 cm³/mol. The third kappa shape index (κ3) is 1.71. The lowest BCUT2D eigenvalue weighted by molar-refractivity contribution is 0.0924. The molecule has 1 heterocycles. The summed E-state index contributed by atoms with van der Waals surface area (Å²) in [6.45, 7) is 8.97. The van der Waals surface area contributed by atoms with Gasteiger partial charge in [0.25, 0.3) is 0 Å². The highest BCUT2D eigenvalue weighted by molar-refractivity contribution is 5.52. The van der Waals surface area contributed by atoms with E-state index in [0.29, 0.717) is 5.54 Å². The summed E-state index contributed by atoms with van der Waals surface area (Å²) in [6, 6.07) is 6.28. The van der Waals surface area contributed by atoms with Gasteiger partial charge in [0.15, 0.2) is 0 Å². The fourth-order valence-corrected chi connectivity index (χ4v) is 2.53. The highest BCUT2D eigenvalue weighted by Gasteiger charge is 2.33. The Morgan fingerprint density at radius 1 is 1.25 bits per heavy atom. The maximum atomic E-state index is 6.03. The molecule has 2 N–H and O–H groups in total. The first-order chi connectivity index (χ1) is 7.60. The third-order valence-electron chi connectivity index (χ3n) is 4.31. The van der Waals surface area contributed by atoms with Crippen LogP contribution in [-0.4, -0.2) is 10.4 Å². The zero-order valence-electron chi connectivity index (χ0n) is 10.6. The minimum absolute atomic E-state index is 0.311. The van der Waals surface area contributed by atoms with Gasteiger partial charge in [-0.05, 0) is 37.0 Å². The molecule has 0 radical (unpaired) electrons. The first-order valence-corrected chi connectivity index (χ1v) is 6.22. The topological polar surface area (TPSA) is 29.3 Å². The Bertz CT molecular complexity index is 380. The molecule has 2 heteroatoms. The van der Waals surface area contributed by atoms with Crippen molar-refractivity contribution in [3.05, 3.63) is 29.3 Å². The van der Waals surface area contributed by atoms with Crippen LogP contribution >= 0.6 is 0 Å². The van der Waals surface area contributed by atoms with Crippen LogP contribution in [0.3, 0.4) is 0 Å². The van der Waals surface area contributed by atoms with Gasteiger partial charge in [-0.1, -0.05) is 26.0 Å². The molecule has 1 aliphatic heterocycles. The molecule has 0 saturated carbocycles. The van der Waals surface area contributed by atoms with Crippen LogP contribution < -0.4 is 5.73 Å². The number of hydrogen-bond acceptors (Lipinski definition) is 2. The van der Waals surface area contributed by atoms with Gasteiger partial charge in [0.1, 0.15) is 0 Å². The van der Waals surface area contributed by atoms with Gasteiger partial charge < -0.3 is 5.73 Å². The standard InChI is InChI=1S/C14H22N2/c1-4-14(3,5-2)16-9-11-7-6-8-13(15)12(11)10-16/h6-8H,4-5,9-10,15H2,1-3H3. The van der Waals surface area contributed by atoms with Gasteiger partial charge in [0.2, 0.25) is 0 Å². The first kappa shape index (κ1) is 11.5. The second-order valence-corrected chi connectivity index (χ2v) is 5.05. The number of anilines is 1. The van der Waals surface area contributed by atoms with E-state index in [-0.39, 0.29) is 0 Å². The largest absolute Gasteiger partial charge is 0.398 e. The summed E-state index contributed by atoms with van der Waals surface area (Å²) < 4.78 is 0. The number of fused-ring (bicyclic) bond motifs is 1. The van der Waals surface area contributed by atoms with E-state index in [0.717, 1.165) is 18.8 Å². The fourth-order valence-electron chi connectivity index (χ4n) is 2.53. The lowest BCUT2D eigenvalue weighted by Crippen LogP contribution is -2.41. The van der Waals surface area contributed by atoms with Crippen molar-refractivity contribution in [3.63, 3.8) is 0 Å². The summed E-state index contributed by atoms with van der Waals surface area (Å²) in [7, 11) is 0. The summed E-state index contributed by atoms with van der Waals surface area (Å²) in [4.78, 5) is 2.56. The third-order valence-corrected chi connectivity index (χ3v) is 4.31. The zero-order valence-corrected chi connectivity index (χ0v) is 10.6. The first-order valence-electron chi connectivity index (χ1n) is 6.22. The van der Waals surface area contributed by atoms with Gasteiger partial charge in [0.05, 0.1) is 0 Å². The van der Waals surface area contributed by atoms with Gasteiger partial charge >= 0.3 is 0 Å². The Hall–Kier alpha value is -1.02. The monoisotopic (exact) mass is 218 g/mol. The van der Waals surface area contributed by atoms with E-state index in [1.165, 1.54) is 24.0 Å². The molecular formula is C14H22N2. The fraction of sp³-hybridized carbons (Fsp3) is 0.571. The van der Waals surface area contributed by atoms with Crippen LogP contribution in [0.15, 0.2) is 18.2 Å². The van der Waals surface area contributed by atoms with Crippen molar-refractivity contribution >= 4 is 5.69 Å². The van der Waals surface area contributed by atoms with Crippen LogP contribution in [0.25, 0.3) is 0 Å². The molecule has 1 aromatic rings. The number of benzene rings is 1. The summed E-state index contributed by atoms with van der Waals surface area (Å²) in [6.07, 6.45) is 2.38. The second-order valence-electron chi connectivity index (χ2n) is 5.05. The lowest BCUT2D eigenvalue weighted by atomic mass is 9.93. The van der Waals surface area contributed by atoms with Gasteiger partial charge in [0, 0.05) is 24.3 Å². The van der Waals surface area contributed by atoms with Crippen LogP contribution in [0.2, 0.25) is 0 Å². The Morgan fingerprint density at radius 3 is 2.50 bits per heavy atom. The van der Waals surface area contributed by atoms with E-state index in [1.807, 2.05) is 6.07 Å². The predicted octanol–water partition coefficient (Wildman–Crippen LogP) is 3.16. The molecular weight excluding hydrogens is 196 g/mol. The molecule has 0 bridgehead atoms. The van der Waals surface area contributed by atoms with Crippen molar-refractivity contribution in [2.24, 2.45) is 0 Å². The second kappa shape index (κ2) is 4.10. The van der Waals surface area contributed by atoms with E-state index in [9.17, 15) is 0 Å². The van der Waals surface area contributed by atoms with Crippen LogP contribution in [0.1, 0.15) is 44.7 Å². The molecule has 0 amide bonds. The molecule has 88 valence electrons. The maximum absolute atomic E-state index is 6.03. The summed E-state index contributed by atoms with van der Waals surface area (Å²) in [5.41, 5.74) is 10.1. The van der Waals surface area contributed by atoms with Crippen molar-refractivity contribution < 1.29 is 0 Å². The van der Waals surface area contributed by atoms with Crippen molar-refractivity contribution in [1.82, 2.24) is 4.90 Å². The molecule has 2 rings (SSSR count). The Labute approximate surface area is 98.4 Å². The molecule has 1 aromatic carbocycles. The van der Waals surface area contributed by atoms with E-state index >= 15 is 0 Å². The average Bonchev–Trinajstić information content (AvgIpc) is 2.74. The van der Waals surface area contributed by atoms with Gasteiger partial charge in [-0.3, -0.25) is 4.90 Å². The number of nitrogens with two attached hydrogens (primary N) is 1. The minimum Gasteiger partial charge on any atom is -0.398 e. The molecule has 0 aliphatic carbocycles. The molecule has 0 atom stereocenters. The number of hydrogen-bond donors (Lipinski definition) is 1. The van der Waals surface area contributed by atoms with Gasteiger partial charge in [-0.2, -0.15) is 0 Å². The SMILES string of the molecule is CCC(C)(CC)N1Cc2cccc(N)c2C1. The summed E-state index contributed by atoms with van der Waals surface area (Å²) >= 11 is 0. The van der Waals surface area contributed by atoms with Crippen LogP contribution in [0.4, 0.5) is 5.69 Å². The molecule has 0 unspecified atom stereocenters. The van der Waals surface area contributed by atoms with Gasteiger partial charge in [-0.15, -0.1) is 0 Å². The van der Waals surface area contributed by atoms with Crippen LogP contribution in [0, 0.1) is 0 Å². The molecule has 16 heavy (non-hydrogen) atoms. The molecule has 0 fully saturated rings. The molecule has 0 spiro atoms. The smallest absolute Gasteiger partial charge is 0.0363 e. The Balaban J connectivity index is 2.26.